The average Bonchev–Trinajstić information content (AvgIpc) is 2.20. The van der Waals surface area contributed by atoms with E-state index >= 15 is 0 Å². The third-order valence-corrected chi connectivity index (χ3v) is 2.43. The standard InChI is InChI=1S/C12H26O2/c1-4-5-6-7-8-9-10-12(2)14-11-13-3/h12H,4-11H2,1-3H3. The van der Waals surface area contributed by atoms with E-state index in [1.165, 1.54) is 38.5 Å². The van der Waals surface area contributed by atoms with Gasteiger partial charge in [-0.2, -0.15) is 0 Å². The Morgan fingerprint density at radius 3 is 2.29 bits per heavy atom. The molecular weight excluding hydrogens is 176 g/mol. The van der Waals surface area contributed by atoms with Gasteiger partial charge >= 0.3 is 0 Å². The summed E-state index contributed by atoms with van der Waals surface area (Å²) >= 11 is 0. The lowest BCUT2D eigenvalue weighted by atomic mass is 10.1. The van der Waals surface area contributed by atoms with Gasteiger partial charge in [0.05, 0.1) is 6.10 Å². The predicted molar refractivity (Wildman–Crippen MR) is 60.4 cm³/mol. The summed E-state index contributed by atoms with van der Waals surface area (Å²) < 4.78 is 10.2. The molecule has 0 aliphatic carbocycles. The van der Waals surface area contributed by atoms with Crippen molar-refractivity contribution in [3.05, 3.63) is 0 Å². The highest BCUT2D eigenvalue weighted by molar-refractivity contribution is 4.51. The Kier molecular flexibility index (Phi) is 10.9. The number of hydrogen-bond acceptors (Lipinski definition) is 2. The van der Waals surface area contributed by atoms with Gasteiger partial charge in [0.25, 0.3) is 0 Å². The molecule has 0 aliphatic heterocycles. The second-order valence-electron chi connectivity index (χ2n) is 3.94. The molecule has 1 unspecified atom stereocenters. The van der Waals surface area contributed by atoms with E-state index < -0.39 is 0 Å². The summed E-state index contributed by atoms with van der Waals surface area (Å²) in [4.78, 5) is 0. The molecule has 0 fully saturated rings. The molecule has 2 heteroatoms. The SMILES string of the molecule is CCCCCCCCC(C)OCOC. The molecule has 0 rings (SSSR count). The molecule has 0 saturated carbocycles. The van der Waals surface area contributed by atoms with Crippen molar-refractivity contribution in [2.24, 2.45) is 0 Å². The average molecular weight is 202 g/mol. The summed E-state index contributed by atoms with van der Waals surface area (Å²) in [6.45, 7) is 4.79. The maximum atomic E-state index is 5.40. The summed E-state index contributed by atoms with van der Waals surface area (Å²) in [5, 5.41) is 0. The molecule has 0 heterocycles. The van der Waals surface area contributed by atoms with Crippen molar-refractivity contribution in [2.45, 2.75) is 64.9 Å². The molecule has 0 aromatic carbocycles. The molecule has 0 aliphatic rings. The van der Waals surface area contributed by atoms with Crippen molar-refractivity contribution < 1.29 is 9.47 Å². The molecule has 0 aromatic heterocycles. The zero-order valence-corrected chi connectivity index (χ0v) is 10.1. The smallest absolute Gasteiger partial charge is 0.146 e. The van der Waals surface area contributed by atoms with E-state index in [0.29, 0.717) is 12.9 Å². The lowest BCUT2D eigenvalue weighted by Crippen LogP contribution is -2.09. The lowest BCUT2D eigenvalue weighted by Gasteiger charge is -2.11. The van der Waals surface area contributed by atoms with Crippen LogP contribution in [0.3, 0.4) is 0 Å². The molecule has 0 spiro atoms. The number of unbranched alkanes of at least 4 members (excludes halogenated alkanes) is 5. The Morgan fingerprint density at radius 2 is 1.64 bits per heavy atom. The fourth-order valence-corrected chi connectivity index (χ4v) is 1.48. The second-order valence-corrected chi connectivity index (χ2v) is 3.94. The maximum Gasteiger partial charge on any atom is 0.146 e. The summed E-state index contributed by atoms with van der Waals surface area (Å²) in [6, 6.07) is 0. The van der Waals surface area contributed by atoms with Gasteiger partial charge in [0.15, 0.2) is 0 Å². The second kappa shape index (κ2) is 11.0. The Labute approximate surface area is 89.0 Å². The van der Waals surface area contributed by atoms with Crippen LogP contribution in [0.5, 0.6) is 0 Å². The Morgan fingerprint density at radius 1 is 1.00 bits per heavy atom. The van der Waals surface area contributed by atoms with Gasteiger partial charge in [-0.15, -0.1) is 0 Å². The van der Waals surface area contributed by atoms with Crippen molar-refractivity contribution in [1.82, 2.24) is 0 Å². The molecule has 1 atom stereocenters. The molecule has 0 amide bonds. The van der Waals surface area contributed by atoms with Gasteiger partial charge in [0.2, 0.25) is 0 Å². The largest absolute Gasteiger partial charge is 0.359 e. The van der Waals surface area contributed by atoms with E-state index in [2.05, 4.69) is 13.8 Å². The van der Waals surface area contributed by atoms with Crippen molar-refractivity contribution in [3.8, 4) is 0 Å². The van der Waals surface area contributed by atoms with Gasteiger partial charge in [0, 0.05) is 7.11 Å². The summed E-state index contributed by atoms with van der Waals surface area (Å²) in [5.74, 6) is 0. The normalized spacial score (nSPS) is 13.1. The minimum absolute atomic E-state index is 0.348. The zero-order valence-electron chi connectivity index (χ0n) is 10.1. The third-order valence-electron chi connectivity index (χ3n) is 2.43. The van der Waals surface area contributed by atoms with Gasteiger partial charge in [-0.3, -0.25) is 0 Å². The molecule has 2 nitrogen and oxygen atoms in total. The molecule has 86 valence electrons. The zero-order chi connectivity index (χ0) is 10.6. The van der Waals surface area contributed by atoms with Crippen molar-refractivity contribution >= 4 is 0 Å². The predicted octanol–water partition coefficient (Wildman–Crippen LogP) is 3.75. The van der Waals surface area contributed by atoms with E-state index in [1.54, 1.807) is 7.11 Å². The molecule has 0 aromatic rings. The number of rotatable bonds is 10. The van der Waals surface area contributed by atoms with E-state index in [9.17, 15) is 0 Å². The van der Waals surface area contributed by atoms with E-state index in [1.807, 2.05) is 0 Å². The van der Waals surface area contributed by atoms with Crippen LogP contribution in [0.15, 0.2) is 0 Å². The minimum atomic E-state index is 0.348. The lowest BCUT2D eigenvalue weighted by molar-refractivity contribution is -0.0679. The molecule has 0 saturated heterocycles. The first-order valence-corrected chi connectivity index (χ1v) is 5.91. The van der Waals surface area contributed by atoms with Crippen LogP contribution in [0.1, 0.15) is 58.8 Å². The van der Waals surface area contributed by atoms with Crippen LogP contribution in [0, 0.1) is 0 Å². The van der Waals surface area contributed by atoms with Crippen molar-refractivity contribution in [2.75, 3.05) is 13.9 Å². The Bertz CT molecular complexity index is 104. The monoisotopic (exact) mass is 202 g/mol. The summed E-state index contributed by atoms with van der Waals surface area (Å²) in [7, 11) is 1.66. The van der Waals surface area contributed by atoms with Gasteiger partial charge in [0.1, 0.15) is 6.79 Å². The molecular formula is C12H26O2. The Balaban J connectivity index is 3.02. The number of hydrogen-bond donors (Lipinski definition) is 0. The van der Waals surface area contributed by atoms with Crippen LogP contribution < -0.4 is 0 Å². The molecule has 0 radical (unpaired) electrons. The topological polar surface area (TPSA) is 18.5 Å². The number of methoxy groups -OCH3 is 1. The van der Waals surface area contributed by atoms with Gasteiger partial charge in [-0.25, -0.2) is 0 Å². The van der Waals surface area contributed by atoms with Crippen molar-refractivity contribution in [3.63, 3.8) is 0 Å². The maximum absolute atomic E-state index is 5.40. The van der Waals surface area contributed by atoms with Crippen LogP contribution >= 0.6 is 0 Å². The minimum Gasteiger partial charge on any atom is -0.359 e. The van der Waals surface area contributed by atoms with E-state index in [4.69, 9.17) is 9.47 Å². The Hall–Kier alpha value is -0.0800. The fourth-order valence-electron chi connectivity index (χ4n) is 1.48. The highest BCUT2D eigenvalue weighted by atomic mass is 16.7. The number of ether oxygens (including phenoxy) is 2. The van der Waals surface area contributed by atoms with Crippen molar-refractivity contribution in [1.29, 1.82) is 0 Å². The first kappa shape index (κ1) is 13.9. The highest BCUT2D eigenvalue weighted by Gasteiger charge is 2.00. The van der Waals surface area contributed by atoms with Gasteiger partial charge < -0.3 is 9.47 Å². The van der Waals surface area contributed by atoms with Crippen LogP contribution in [0.25, 0.3) is 0 Å². The molecule has 0 bridgehead atoms. The fraction of sp³-hybridized carbons (Fsp3) is 1.00. The molecule has 0 N–H and O–H groups in total. The first-order valence-electron chi connectivity index (χ1n) is 5.91. The van der Waals surface area contributed by atoms with E-state index in [-0.39, 0.29) is 0 Å². The van der Waals surface area contributed by atoms with Crippen LogP contribution in [-0.2, 0) is 9.47 Å². The first-order chi connectivity index (χ1) is 6.81. The van der Waals surface area contributed by atoms with Gasteiger partial charge in [-0.1, -0.05) is 45.4 Å². The summed E-state index contributed by atoms with van der Waals surface area (Å²) in [5.41, 5.74) is 0. The molecule has 14 heavy (non-hydrogen) atoms. The third kappa shape index (κ3) is 10.0. The summed E-state index contributed by atoms with van der Waals surface area (Å²) in [6.07, 6.45) is 9.63. The van der Waals surface area contributed by atoms with Crippen LogP contribution in [0.2, 0.25) is 0 Å². The van der Waals surface area contributed by atoms with Crippen LogP contribution in [0.4, 0.5) is 0 Å². The van der Waals surface area contributed by atoms with E-state index in [0.717, 1.165) is 6.42 Å². The quantitative estimate of drug-likeness (QED) is 0.397. The highest BCUT2D eigenvalue weighted by Crippen LogP contribution is 2.09. The van der Waals surface area contributed by atoms with Crippen LogP contribution in [-0.4, -0.2) is 20.0 Å². The van der Waals surface area contributed by atoms with Gasteiger partial charge in [-0.05, 0) is 13.3 Å².